The molecule has 0 aliphatic rings. The summed E-state index contributed by atoms with van der Waals surface area (Å²) in [4.78, 5) is 30.1. The fourth-order valence-corrected chi connectivity index (χ4v) is 2.97. The first-order valence-electron chi connectivity index (χ1n) is 8.60. The molecule has 0 fully saturated rings. The van der Waals surface area contributed by atoms with E-state index >= 15 is 0 Å². The Morgan fingerprint density at radius 1 is 1.11 bits per heavy atom. The third-order valence-corrected chi connectivity index (χ3v) is 4.54. The third-order valence-electron chi connectivity index (χ3n) is 4.54. The molecule has 4 aromatic rings. The van der Waals surface area contributed by atoms with E-state index in [0.29, 0.717) is 16.7 Å². The van der Waals surface area contributed by atoms with E-state index in [1.807, 2.05) is 30.3 Å². The zero-order valence-corrected chi connectivity index (χ0v) is 15.0. The Morgan fingerprint density at radius 3 is 2.57 bits per heavy atom. The van der Waals surface area contributed by atoms with Crippen molar-refractivity contribution >= 4 is 22.7 Å². The van der Waals surface area contributed by atoms with E-state index in [1.54, 1.807) is 31.3 Å². The molecule has 0 saturated carbocycles. The highest BCUT2D eigenvalue weighted by Gasteiger charge is 2.17. The second-order valence-electron chi connectivity index (χ2n) is 6.29. The van der Waals surface area contributed by atoms with Crippen molar-refractivity contribution in [1.29, 1.82) is 0 Å². The van der Waals surface area contributed by atoms with Crippen LogP contribution in [0.25, 0.3) is 22.2 Å². The number of benzene rings is 2. The maximum Gasteiger partial charge on any atom is 0.420 e. The van der Waals surface area contributed by atoms with Gasteiger partial charge < -0.3 is 9.32 Å². The molecule has 4 rings (SSSR count). The van der Waals surface area contributed by atoms with Crippen LogP contribution in [0.3, 0.4) is 0 Å². The van der Waals surface area contributed by atoms with Crippen molar-refractivity contribution in [2.75, 3.05) is 11.9 Å². The molecule has 6 nitrogen and oxygen atoms in total. The van der Waals surface area contributed by atoms with Crippen molar-refractivity contribution in [2.45, 2.75) is 6.54 Å². The van der Waals surface area contributed by atoms with Crippen LogP contribution in [0.4, 0.5) is 10.1 Å². The van der Waals surface area contributed by atoms with Crippen molar-refractivity contribution in [3.05, 3.63) is 83.4 Å². The maximum atomic E-state index is 13.1. The van der Waals surface area contributed by atoms with Crippen LogP contribution in [0.2, 0.25) is 0 Å². The molecule has 1 amide bonds. The summed E-state index contributed by atoms with van der Waals surface area (Å²) in [5.74, 6) is -1.44. The summed E-state index contributed by atoms with van der Waals surface area (Å²) in [6.45, 7) is -0.164. The Kier molecular flexibility index (Phi) is 4.49. The molecule has 0 bridgehead atoms. The number of fused-ring (bicyclic) bond motifs is 1. The highest BCUT2D eigenvalue weighted by molar-refractivity contribution is 5.93. The zero-order chi connectivity index (χ0) is 19.7. The molecule has 0 aliphatic heterocycles. The lowest BCUT2D eigenvalue weighted by molar-refractivity contribution is -0.118. The summed E-state index contributed by atoms with van der Waals surface area (Å²) in [5, 5.41) is 0. The fraction of sp³-hybridized carbons (Fsp3) is 0.0952. The number of anilines is 1. The number of carbonyl (C=O) groups is 1. The van der Waals surface area contributed by atoms with Gasteiger partial charge in [0.1, 0.15) is 6.54 Å². The number of carbonyl (C=O) groups excluding carboxylic acids is 1. The summed E-state index contributed by atoms with van der Waals surface area (Å²) < 4.78 is 19.6. The normalized spacial score (nSPS) is 10.9. The lowest BCUT2D eigenvalue weighted by atomic mass is 10.1. The largest absolute Gasteiger partial charge is 0.420 e. The summed E-state index contributed by atoms with van der Waals surface area (Å²) >= 11 is 0. The van der Waals surface area contributed by atoms with Crippen molar-refractivity contribution in [2.24, 2.45) is 0 Å². The van der Waals surface area contributed by atoms with Crippen LogP contribution in [0.15, 0.2) is 76.1 Å². The minimum Gasteiger partial charge on any atom is -0.408 e. The predicted molar refractivity (Wildman–Crippen MR) is 104 cm³/mol. The Balaban J connectivity index is 1.69. The number of amides is 1. The van der Waals surface area contributed by atoms with Crippen LogP contribution in [-0.2, 0) is 11.3 Å². The number of para-hydroxylation sites is 1. The van der Waals surface area contributed by atoms with Crippen molar-refractivity contribution < 1.29 is 13.6 Å². The van der Waals surface area contributed by atoms with Crippen LogP contribution < -0.4 is 10.7 Å². The molecule has 0 radical (unpaired) electrons. The van der Waals surface area contributed by atoms with Crippen LogP contribution in [0.1, 0.15) is 0 Å². The van der Waals surface area contributed by atoms with E-state index < -0.39 is 11.7 Å². The van der Waals surface area contributed by atoms with Gasteiger partial charge in [-0.3, -0.25) is 9.36 Å². The molecular weight excluding hydrogens is 361 g/mol. The van der Waals surface area contributed by atoms with Gasteiger partial charge in [-0.05, 0) is 42.0 Å². The molecular formula is C21H16FN3O3. The van der Waals surface area contributed by atoms with Gasteiger partial charge in [-0.25, -0.2) is 9.78 Å². The van der Waals surface area contributed by atoms with E-state index in [1.165, 1.54) is 21.7 Å². The first-order chi connectivity index (χ1) is 13.5. The molecule has 2 aromatic heterocycles. The monoisotopic (exact) mass is 377 g/mol. The molecule has 0 N–H and O–H groups in total. The quantitative estimate of drug-likeness (QED) is 0.511. The lowest BCUT2D eigenvalue weighted by Crippen LogP contribution is -2.32. The molecule has 0 atom stereocenters. The van der Waals surface area contributed by atoms with Gasteiger partial charge >= 0.3 is 5.76 Å². The van der Waals surface area contributed by atoms with Gasteiger partial charge in [0.05, 0.1) is 5.52 Å². The first kappa shape index (κ1) is 17.7. The number of pyridine rings is 1. The van der Waals surface area contributed by atoms with E-state index in [9.17, 15) is 14.0 Å². The molecule has 0 spiro atoms. The number of hydrogen-bond donors (Lipinski definition) is 0. The number of hydrogen-bond acceptors (Lipinski definition) is 4. The summed E-state index contributed by atoms with van der Waals surface area (Å²) in [6.07, 6.45) is 1.41. The molecule has 0 unspecified atom stereocenters. The third kappa shape index (κ3) is 3.29. The highest BCUT2D eigenvalue weighted by Crippen LogP contribution is 2.24. The van der Waals surface area contributed by atoms with Crippen molar-refractivity contribution in [3.8, 4) is 11.1 Å². The van der Waals surface area contributed by atoms with Gasteiger partial charge in [0, 0.05) is 24.5 Å². The Hall–Kier alpha value is -3.74. The summed E-state index contributed by atoms with van der Waals surface area (Å²) in [5.41, 5.74) is 3.02. The zero-order valence-electron chi connectivity index (χ0n) is 15.0. The molecule has 140 valence electrons. The molecule has 7 heteroatoms. The van der Waals surface area contributed by atoms with Gasteiger partial charge in [0.25, 0.3) is 0 Å². The fourth-order valence-electron chi connectivity index (χ4n) is 2.97. The Bertz CT molecular complexity index is 1200. The highest BCUT2D eigenvalue weighted by atomic mass is 19.1. The molecule has 0 aliphatic carbocycles. The average molecular weight is 377 g/mol. The maximum absolute atomic E-state index is 13.1. The number of likely N-dealkylation sites (N-methyl/N-ethyl adjacent to an activating group) is 1. The van der Waals surface area contributed by atoms with Crippen LogP contribution in [0, 0.1) is 5.95 Å². The smallest absolute Gasteiger partial charge is 0.408 e. The average Bonchev–Trinajstić information content (AvgIpc) is 3.03. The SMILES string of the molecule is CN(C(=O)Cn1c(=O)oc2ccc(-c3ccc(F)nc3)cc21)c1ccccc1. The van der Waals surface area contributed by atoms with E-state index in [-0.39, 0.29) is 12.5 Å². The van der Waals surface area contributed by atoms with E-state index in [2.05, 4.69) is 4.98 Å². The Labute approximate surface area is 159 Å². The number of halogens is 1. The van der Waals surface area contributed by atoms with Crippen LogP contribution >= 0.6 is 0 Å². The summed E-state index contributed by atoms with van der Waals surface area (Å²) in [6, 6.07) is 17.2. The predicted octanol–water partition coefficient (Wildman–Crippen LogP) is 3.46. The molecule has 2 aromatic carbocycles. The van der Waals surface area contributed by atoms with Gasteiger partial charge in [-0.2, -0.15) is 4.39 Å². The second kappa shape index (κ2) is 7.11. The van der Waals surface area contributed by atoms with Gasteiger partial charge in [0.15, 0.2) is 5.58 Å². The topological polar surface area (TPSA) is 68.3 Å². The van der Waals surface area contributed by atoms with Gasteiger partial charge in [-0.15, -0.1) is 0 Å². The van der Waals surface area contributed by atoms with Crippen molar-refractivity contribution in [1.82, 2.24) is 9.55 Å². The minimum absolute atomic E-state index is 0.164. The lowest BCUT2D eigenvalue weighted by Gasteiger charge is -2.17. The van der Waals surface area contributed by atoms with Crippen molar-refractivity contribution in [3.63, 3.8) is 0 Å². The Morgan fingerprint density at radius 2 is 1.86 bits per heavy atom. The minimum atomic E-state index is -0.612. The molecule has 28 heavy (non-hydrogen) atoms. The van der Waals surface area contributed by atoms with E-state index in [0.717, 1.165) is 11.3 Å². The number of aromatic nitrogens is 2. The van der Waals surface area contributed by atoms with Crippen LogP contribution in [-0.4, -0.2) is 22.5 Å². The molecule has 0 saturated heterocycles. The number of oxazole rings is 1. The standard InChI is InChI=1S/C21H16FN3O3/c1-24(16-5-3-2-4-6-16)20(26)13-25-17-11-14(7-9-18(17)28-21(25)27)15-8-10-19(22)23-12-15/h2-12H,13H2,1H3. The number of rotatable bonds is 4. The van der Waals surface area contributed by atoms with Gasteiger partial charge in [0.2, 0.25) is 11.9 Å². The first-order valence-corrected chi connectivity index (χ1v) is 8.60. The second-order valence-corrected chi connectivity index (χ2v) is 6.29. The van der Waals surface area contributed by atoms with Gasteiger partial charge in [-0.1, -0.05) is 24.3 Å². The van der Waals surface area contributed by atoms with Crippen LogP contribution in [0.5, 0.6) is 0 Å². The number of nitrogens with zero attached hydrogens (tertiary/aromatic N) is 3. The molecule has 2 heterocycles. The van der Waals surface area contributed by atoms with E-state index in [4.69, 9.17) is 4.42 Å². The summed E-state index contributed by atoms with van der Waals surface area (Å²) in [7, 11) is 1.65.